The number of anilines is 11. The third-order valence-corrected chi connectivity index (χ3v) is 29.3. The van der Waals surface area contributed by atoms with Gasteiger partial charge in [-0.3, -0.25) is 0 Å². The third-order valence-electron chi connectivity index (χ3n) is 29.3. The Bertz CT molecular complexity index is 6920. The van der Waals surface area contributed by atoms with Gasteiger partial charge in [0, 0.05) is 79.4 Å². The van der Waals surface area contributed by atoms with E-state index in [1.807, 2.05) is 0 Å². The molecule has 15 aromatic carbocycles. The second-order valence-electron chi connectivity index (χ2n) is 37.6. The highest BCUT2D eigenvalue weighted by molar-refractivity contribution is 6.05. The van der Waals surface area contributed by atoms with Gasteiger partial charge < -0.3 is 19.6 Å². The lowest BCUT2D eigenvalue weighted by molar-refractivity contribution is 0.497. The molecule has 4 nitrogen and oxygen atoms in total. The van der Waals surface area contributed by atoms with E-state index in [4.69, 9.17) is 0 Å². The normalized spacial score (nSPS) is 18.0. The smallest absolute Gasteiger partial charge is 0.0646 e. The molecule has 4 aliphatic heterocycles. The van der Waals surface area contributed by atoms with Gasteiger partial charge >= 0.3 is 0 Å². The second-order valence-corrected chi connectivity index (χ2v) is 37.6. The number of allylic oxidation sites excluding steroid dienone is 2. The number of nitrogens with zero attached hydrogens (tertiary/aromatic N) is 4. The first kappa shape index (κ1) is 72.0. The molecule has 15 aromatic rings. The van der Waals surface area contributed by atoms with E-state index < -0.39 is 0 Å². The molecule has 4 aliphatic carbocycles. The molecule has 8 aliphatic rings. The number of rotatable bonds is 10. The number of hydrogen-bond donors (Lipinski definition) is 0. The fourth-order valence-corrected chi connectivity index (χ4v) is 23.1. The lowest BCUT2D eigenvalue weighted by Crippen LogP contribution is -2.46. The first-order valence-corrected chi connectivity index (χ1v) is 43.2. The van der Waals surface area contributed by atoms with Crippen LogP contribution in [0.25, 0.3) is 62.9 Å². The van der Waals surface area contributed by atoms with Crippen LogP contribution in [0.4, 0.5) is 62.6 Å². The number of hydrogen-bond acceptors (Lipinski definition) is 4. The summed E-state index contributed by atoms with van der Waals surface area (Å²) in [6, 6.07) is 120. The van der Waals surface area contributed by atoms with Crippen molar-refractivity contribution in [3.63, 3.8) is 0 Å². The van der Waals surface area contributed by atoms with Gasteiger partial charge in [-0.2, -0.15) is 0 Å². The fraction of sp³-hybridized carbons (Fsp3) is 0.172. The molecule has 4 heteroatoms. The number of para-hydroxylation sites is 7. The summed E-state index contributed by atoms with van der Waals surface area (Å²) in [6.45, 7) is 24.3. The first-order valence-electron chi connectivity index (χ1n) is 43.2. The topological polar surface area (TPSA) is 13.0 Å². The van der Waals surface area contributed by atoms with Crippen molar-refractivity contribution in [2.45, 2.75) is 128 Å². The van der Waals surface area contributed by atoms with Gasteiger partial charge in [0.1, 0.15) is 0 Å². The minimum atomic E-state index is -0.384. The first-order chi connectivity index (χ1) is 58.2. The second kappa shape index (κ2) is 26.1. The van der Waals surface area contributed by atoms with Crippen molar-refractivity contribution < 1.29 is 0 Å². The van der Waals surface area contributed by atoms with Gasteiger partial charge in [0.05, 0.1) is 34.0 Å². The van der Waals surface area contributed by atoms with Gasteiger partial charge in [-0.05, 0) is 243 Å². The van der Waals surface area contributed by atoms with E-state index in [-0.39, 0.29) is 32.6 Å². The molecule has 1 unspecified atom stereocenters. The van der Waals surface area contributed by atoms with Crippen LogP contribution >= 0.6 is 0 Å². The Kier molecular flexibility index (Phi) is 15.7. The van der Waals surface area contributed by atoms with E-state index in [1.54, 1.807) is 0 Å². The predicted octanol–water partition coefficient (Wildman–Crippen LogP) is 30.1. The van der Waals surface area contributed by atoms with E-state index in [2.05, 4.69) is 441 Å². The maximum atomic E-state index is 2.73. The summed E-state index contributed by atoms with van der Waals surface area (Å²) < 4.78 is 0. The molecule has 23 rings (SSSR count). The lowest BCUT2D eigenvalue weighted by atomic mass is 9.67. The molecule has 0 amide bonds. The molecule has 1 atom stereocenters. The summed E-state index contributed by atoms with van der Waals surface area (Å²) in [4.78, 5) is 10.3. The van der Waals surface area contributed by atoms with E-state index in [0.29, 0.717) is 0 Å². The van der Waals surface area contributed by atoms with Crippen LogP contribution in [0.1, 0.15) is 181 Å². The van der Waals surface area contributed by atoms with E-state index in [9.17, 15) is 0 Å². The van der Waals surface area contributed by atoms with Crippen molar-refractivity contribution in [3.05, 3.63) is 439 Å². The molecule has 0 bridgehead atoms. The SMILES string of the molecule is CC1(C)C2=C(C=CC(C)(N3c4ccccc4Cc4c(CC5(C)c6ccccc6N(c6cccc7c(C=Cc8ccc9c(c8)C(C)(C)c8cc(N%10c%11ccccc%11Cc%11ccccc%11%10)ccc8-9)cccc67)c6ccccc65)cccc43)C2)c2ccc(C=Cc3ccc4c(c3)C(C)(C)c3cc(N5c6ccccc6C(C)(C)c6ccccc65)ccc3-4)cc21. The third kappa shape index (κ3) is 10.6. The van der Waals surface area contributed by atoms with Gasteiger partial charge in [-0.25, -0.2) is 0 Å². The van der Waals surface area contributed by atoms with Crippen LogP contribution < -0.4 is 19.6 Å². The van der Waals surface area contributed by atoms with Crippen LogP contribution in [0, 0.1) is 0 Å². The molecule has 0 saturated carbocycles. The predicted molar refractivity (Wildman–Crippen MR) is 505 cm³/mol. The molecule has 580 valence electrons. The maximum Gasteiger partial charge on any atom is 0.0646 e. The van der Waals surface area contributed by atoms with Crippen LogP contribution in [0.5, 0.6) is 0 Å². The number of fused-ring (bicyclic) bond motifs is 17. The summed E-state index contributed by atoms with van der Waals surface area (Å²) in [5.74, 6) is 0. The van der Waals surface area contributed by atoms with Crippen molar-refractivity contribution in [3.8, 4) is 22.3 Å². The zero-order chi connectivity index (χ0) is 81.1. The average molecular weight is 1550 g/mol. The Morgan fingerprint density at radius 3 is 1.25 bits per heavy atom. The quantitative estimate of drug-likeness (QED) is 0.127. The molecule has 120 heavy (non-hydrogen) atoms. The Balaban J connectivity index is 0.516. The molecule has 0 saturated heterocycles. The molecule has 0 aromatic heterocycles. The van der Waals surface area contributed by atoms with Gasteiger partial charge in [-0.15, -0.1) is 0 Å². The van der Waals surface area contributed by atoms with Crippen LogP contribution in [0.2, 0.25) is 0 Å². The molecular weight excluding hydrogens is 1450 g/mol. The van der Waals surface area contributed by atoms with Crippen LogP contribution in [0.3, 0.4) is 0 Å². The van der Waals surface area contributed by atoms with Crippen molar-refractivity contribution in [2.75, 3.05) is 19.6 Å². The van der Waals surface area contributed by atoms with E-state index >= 15 is 0 Å². The molecule has 0 N–H and O–H groups in total. The van der Waals surface area contributed by atoms with Crippen molar-refractivity contribution >= 4 is 103 Å². The van der Waals surface area contributed by atoms with E-state index in [1.165, 1.54) is 212 Å². The van der Waals surface area contributed by atoms with Crippen LogP contribution in [-0.4, -0.2) is 5.54 Å². The zero-order valence-electron chi connectivity index (χ0n) is 70.1. The Morgan fingerprint density at radius 1 is 0.292 bits per heavy atom. The largest absolute Gasteiger partial charge is 0.331 e. The molecule has 0 radical (unpaired) electrons. The number of benzene rings is 15. The molecule has 4 heterocycles. The highest BCUT2D eigenvalue weighted by atomic mass is 15.2. The standard InChI is InChI=1S/C116H96N4/c1-111(2)92-35-14-21-42-107(92)118(108-43-22-15-36-93(108)111)82-56-61-88-84-57-51-73(64-96(84)112(3,4)100(88)70-82)48-49-74-52-59-86-89-62-63-115(9,72-101(89)114(7,8)98(86)65-74)120-104-41-20-13-30-79(104)68-91-80(32-26-47-106(91)120)71-116(10)94-37-16-23-44-109(94)119(110-45-24-17-38-95(110)116)105-46-27-33-83-76(31-25-34-90(83)105)54-50-75-53-58-85-87-60-55-81(69-99(87)113(5,6)97(85)66-75)117-102-39-18-11-28-77(102)67-78-29-12-19-40-103(78)117/h11-66,69-70H,67-68,71-72H2,1-10H3. The monoisotopic (exact) mass is 1540 g/mol. The minimum Gasteiger partial charge on any atom is -0.331 e. The van der Waals surface area contributed by atoms with Gasteiger partial charge in [0.25, 0.3) is 0 Å². The summed E-state index contributed by atoms with van der Waals surface area (Å²) in [7, 11) is 0. The minimum absolute atomic E-state index is 0.111. The summed E-state index contributed by atoms with van der Waals surface area (Å²) in [5, 5.41) is 2.44. The molecule has 0 fully saturated rings. The van der Waals surface area contributed by atoms with Crippen LogP contribution in [-0.2, 0) is 46.3 Å². The van der Waals surface area contributed by atoms with Crippen molar-refractivity contribution in [2.24, 2.45) is 0 Å². The maximum absolute atomic E-state index is 2.73. The summed E-state index contributed by atoms with van der Waals surface area (Å²) >= 11 is 0. The van der Waals surface area contributed by atoms with Crippen molar-refractivity contribution in [1.82, 2.24) is 0 Å². The van der Waals surface area contributed by atoms with Gasteiger partial charge in [0.15, 0.2) is 0 Å². The van der Waals surface area contributed by atoms with E-state index in [0.717, 1.165) is 25.7 Å². The van der Waals surface area contributed by atoms with Crippen molar-refractivity contribution in [1.29, 1.82) is 0 Å². The Labute approximate surface area is 706 Å². The van der Waals surface area contributed by atoms with Gasteiger partial charge in [0.2, 0.25) is 0 Å². The highest BCUT2D eigenvalue weighted by Crippen LogP contribution is 2.61. The molecule has 0 spiro atoms. The van der Waals surface area contributed by atoms with Gasteiger partial charge in [-0.1, -0.05) is 335 Å². The van der Waals surface area contributed by atoms with Crippen LogP contribution in [0.15, 0.2) is 333 Å². The summed E-state index contributed by atoms with van der Waals surface area (Å²) in [6.07, 6.45) is 17.9. The summed E-state index contributed by atoms with van der Waals surface area (Å²) in [5.41, 5.74) is 45.7. The molecular formula is C116H96N4. The Hall–Kier alpha value is -13.3. The zero-order valence-corrected chi connectivity index (χ0v) is 70.1. The highest BCUT2D eigenvalue weighted by Gasteiger charge is 2.49. The Morgan fingerprint density at radius 2 is 0.692 bits per heavy atom. The lowest BCUT2D eigenvalue weighted by Gasteiger charge is -2.48. The fourth-order valence-electron chi connectivity index (χ4n) is 23.1. The average Bonchev–Trinajstić information content (AvgIpc) is 0.913.